The van der Waals surface area contributed by atoms with Crippen molar-refractivity contribution >= 4 is 17.5 Å². The summed E-state index contributed by atoms with van der Waals surface area (Å²) in [6.45, 7) is 1.81. The third kappa shape index (κ3) is 5.10. The van der Waals surface area contributed by atoms with Crippen LogP contribution in [0.25, 0.3) is 0 Å². The average Bonchev–Trinajstić information content (AvgIpc) is 2.53. The first-order valence-electron chi connectivity index (χ1n) is 7.09. The van der Waals surface area contributed by atoms with Crippen molar-refractivity contribution in [3.8, 4) is 5.75 Å². The lowest BCUT2D eigenvalue weighted by Gasteiger charge is -2.10. The highest BCUT2D eigenvalue weighted by molar-refractivity contribution is 5.96. The summed E-state index contributed by atoms with van der Waals surface area (Å²) < 4.78 is 18.5. The molecule has 0 unspecified atom stereocenters. The van der Waals surface area contributed by atoms with E-state index in [1.54, 1.807) is 36.4 Å². The van der Waals surface area contributed by atoms with E-state index in [1.165, 1.54) is 19.1 Å². The molecule has 0 atom stereocenters. The Bertz CT molecular complexity index is 704. The molecular formula is C17H17FN2O3. The van der Waals surface area contributed by atoms with Crippen LogP contribution >= 0.6 is 0 Å². The van der Waals surface area contributed by atoms with E-state index in [-0.39, 0.29) is 24.7 Å². The standard InChI is InChI=1S/C17H17FN2O3/c1-12(21)13-5-4-6-14(11-13)20-17(22)19-9-10-23-16-8-3-2-7-15(16)18/h2-8,11H,9-10H2,1H3,(H2,19,20,22). The summed E-state index contributed by atoms with van der Waals surface area (Å²) >= 11 is 0. The highest BCUT2D eigenvalue weighted by Crippen LogP contribution is 2.14. The number of rotatable bonds is 6. The van der Waals surface area contributed by atoms with E-state index in [4.69, 9.17) is 4.74 Å². The maximum absolute atomic E-state index is 13.3. The number of para-hydroxylation sites is 1. The van der Waals surface area contributed by atoms with Gasteiger partial charge in [-0.2, -0.15) is 0 Å². The molecule has 6 heteroatoms. The van der Waals surface area contributed by atoms with Crippen LogP contribution in [0, 0.1) is 5.82 Å². The summed E-state index contributed by atoms with van der Waals surface area (Å²) in [5.74, 6) is -0.380. The molecule has 0 spiro atoms. The summed E-state index contributed by atoms with van der Waals surface area (Å²) in [6, 6.07) is 12.3. The molecule has 0 aliphatic carbocycles. The smallest absolute Gasteiger partial charge is 0.319 e. The lowest BCUT2D eigenvalue weighted by molar-refractivity contribution is 0.101. The number of ketones is 1. The number of Topliss-reactive ketones (excluding diaryl/α,β-unsaturated/α-hetero) is 1. The monoisotopic (exact) mass is 316 g/mol. The number of halogens is 1. The topological polar surface area (TPSA) is 67.4 Å². The second kappa shape index (κ2) is 7.93. The van der Waals surface area contributed by atoms with E-state index in [0.29, 0.717) is 11.3 Å². The van der Waals surface area contributed by atoms with Crippen molar-refractivity contribution in [3.63, 3.8) is 0 Å². The molecule has 2 N–H and O–H groups in total. The van der Waals surface area contributed by atoms with Crippen molar-refractivity contribution in [2.24, 2.45) is 0 Å². The number of nitrogens with one attached hydrogen (secondary N) is 2. The van der Waals surface area contributed by atoms with Gasteiger partial charge in [0, 0.05) is 11.3 Å². The van der Waals surface area contributed by atoms with Gasteiger partial charge in [-0.1, -0.05) is 24.3 Å². The predicted octanol–water partition coefficient (Wildman–Crippen LogP) is 3.23. The molecule has 23 heavy (non-hydrogen) atoms. The highest BCUT2D eigenvalue weighted by atomic mass is 19.1. The molecule has 2 amide bonds. The van der Waals surface area contributed by atoms with Gasteiger partial charge in [0.2, 0.25) is 0 Å². The summed E-state index contributed by atoms with van der Waals surface area (Å²) in [5.41, 5.74) is 1.04. The fourth-order valence-corrected chi connectivity index (χ4v) is 1.88. The first-order chi connectivity index (χ1) is 11.1. The van der Waals surface area contributed by atoms with E-state index in [1.807, 2.05) is 0 Å². The lowest BCUT2D eigenvalue weighted by atomic mass is 10.1. The van der Waals surface area contributed by atoms with Crippen LogP contribution < -0.4 is 15.4 Å². The Hall–Kier alpha value is -2.89. The van der Waals surface area contributed by atoms with Gasteiger partial charge in [-0.3, -0.25) is 4.79 Å². The minimum atomic E-state index is -0.446. The molecule has 0 heterocycles. The molecule has 0 radical (unpaired) electrons. The molecule has 2 aromatic carbocycles. The van der Waals surface area contributed by atoms with Crippen molar-refractivity contribution in [1.82, 2.24) is 5.32 Å². The Labute approximate surface area is 133 Å². The number of carbonyl (C=O) groups is 2. The zero-order chi connectivity index (χ0) is 16.7. The largest absolute Gasteiger partial charge is 0.489 e. The van der Waals surface area contributed by atoms with Gasteiger partial charge in [0.05, 0.1) is 6.54 Å². The summed E-state index contributed by atoms with van der Waals surface area (Å²) in [5, 5.41) is 5.20. The van der Waals surface area contributed by atoms with Gasteiger partial charge < -0.3 is 15.4 Å². The first kappa shape index (κ1) is 16.5. The zero-order valence-electron chi connectivity index (χ0n) is 12.6. The van der Waals surface area contributed by atoms with Crippen LogP contribution in [0.15, 0.2) is 48.5 Å². The maximum Gasteiger partial charge on any atom is 0.319 e. The molecule has 0 aromatic heterocycles. The molecule has 2 rings (SSSR count). The third-order valence-electron chi connectivity index (χ3n) is 3.01. The average molecular weight is 316 g/mol. The molecule has 5 nitrogen and oxygen atoms in total. The van der Waals surface area contributed by atoms with Crippen LogP contribution in [-0.2, 0) is 0 Å². The SMILES string of the molecule is CC(=O)c1cccc(NC(=O)NCCOc2ccccc2F)c1. The summed E-state index contributed by atoms with van der Waals surface area (Å²) in [7, 11) is 0. The fraction of sp³-hybridized carbons (Fsp3) is 0.176. The lowest BCUT2D eigenvalue weighted by Crippen LogP contribution is -2.32. The Morgan fingerprint density at radius 2 is 1.91 bits per heavy atom. The Morgan fingerprint density at radius 3 is 2.65 bits per heavy atom. The van der Waals surface area contributed by atoms with Crippen LogP contribution in [-0.4, -0.2) is 25.0 Å². The van der Waals surface area contributed by atoms with Gasteiger partial charge in [0.1, 0.15) is 6.61 Å². The van der Waals surface area contributed by atoms with Crippen molar-refractivity contribution in [2.45, 2.75) is 6.92 Å². The molecule has 120 valence electrons. The van der Waals surface area contributed by atoms with Crippen LogP contribution in [0.4, 0.5) is 14.9 Å². The molecule has 0 bridgehead atoms. The van der Waals surface area contributed by atoms with Crippen LogP contribution in [0.2, 0.25) is 0 Å². The van der Waals surface area contributed by atoms with E-state index in [9.17, 15) is 14.0 Å². The second-order valence-corrected chi connectivity index (χ2v) is 4.80. The number of ether oxygens (including phenoxy) is 1. The Balaban J connectivity index is 1.76. The van der Waals surface area contributed by atoms with Gasteiger partial charge in [0.15, 0.2) is 17.3 Å². The van der Waals surface area contributed by atoms with Crippen LogP contribution in [0.5, 0.6) is 5.75 Å². The normalized spacial score (nSPS) is 10.0. The molecule has 0 saturated heterocycles. The number of hydrogen-bond acceptors (Lipinski definition) is 3. The highest BCUT2D eigenvalue weighted by Gasteiger charge is 2.05. The Morgan fingerprint density at radius 1 is 1.13 bits per heavy atom. The van der Waals surface area contributed by atoms with Crippen molar-refractivity contribution in [3.05, 3.63) is 59.9 Å². The van der Waals surface area contributed by atoms with Gasteiger partial charge in [-0.15, -0.1) is 0 Å². The first-order valence-corrected chi connectivity index (χ1v) is 7.09. The van der Waals surface area contributed by atoms with E-state index in [2.05, 4.69) is 10.6 Å². The third-order valence-corrected chi connectivity index (χ3v) is 3.01. The molecule has 0 saturated carbocycles. The van der Waals surface area contributed by atoms with Crippen molar-refractivity contribution in [2.75, 3.05) is 18.5 Å². The van der Waals surface area contributed by atoms with E-state index in [0.717, 1.165) is 0 Å². The van der Waals surface area contributed by atoms with Gasteiger partial charge in [-0.25, -0.2) is 9.18 Å². The molecule has 0 aliphatic heterocycles. The second-order valence-electron chi connectivity index (χ2n) is 4.80. The van der Waals surface area contributed by atoms with E-state index < -0.39 is 11.8 Å². The molecular weight excluding hydrogens is 299 g/mol. The Kier molecular flexibility index (Phi) is 5.68. The van der Waals surface area contributed by atoms with Crippen molar-refractivity contribution < 1.29 is 18.7 Å². The van der Waals surface area contributed by atoms with Gasteiger partial charge in [0.25, 0.3) is 0 Å². The zero-order valence-corrected chi connectivity index (χ0v) is 12.6. The minimum absolute atomic E-state index is 0.0765. The number of benzene rings is 2. The van der Waals surface area contributed by atoms with E-state index >= 15 is 0 Å². The van der Waals surface area contributed by atoms with Crippen LogP contribution in [0.3, 0.4) is 0 Å². The number of carbonyl (C=O) groups excluding carboxylic acids is 2. The minimum Gasteiger partial charge on any atom is -0.489 e. The summed E-state index contributed by atoms with van der Waals surface area (Å²) in [6.07, 6.45) is 0. The fourth-order valence-electron chi connectivity index (χ4n) is 1.88. The number of amides is 2. The van der Waals surface area contributed by atoms with Gasteiger partial charge >= 0.3 is 6.03 Å². The molecule has 0 fully saturated rings. The van der Waals surface area contributed by atoms with Gasteiger partial charge in [-0.05, 0) is 31.2 Å². The quantitative estimate of drug-likeness (QED) is 0.635. The predicted molar refractivity (Wildman–Crippen MR) is 85.4 cm³/mol. The molecule has 0 aliphatic rings. The number of hydrogen-bond donors (Lipinski definition) is 2. The summed E-state index contributed by atoms with van der Waals surface area (Å²) in [4.78, 5) is 23.0. The van der Waals surface area contributed by atoms with Crippen LogP contribution in [0.1, 0.15) is 17.3 Å². The van der Waals surface area contributed by atoms with Crippen molar-refractivity contribution in [1.29, 1.82) is 0 Å². The molecule has 2 aromatic rings. The number of urea groups is 1. The number of anilines is 1. The maximum atomic E-state index is 13.3.